The van der Waals surface area contributed by atoms with Crippen molar-refractivity contribution in [1.82, 2.24) is 19.5 Å². The predicted molar refractivity (Wildman–Crippen MR) is 102 cm³/mol. The van der Waals surface area contributed by atoms with Crippen LogP contribution in [-0.2, 0) is 0 Å². The summed E-state index contributed by atoms with van der Waals surface area (Å²) in [6.07, 6.45) is 3.49. The van der Waals surface area contributed by atoms with E-state index in [0.717, 1.165) is 22.9 Å². The van der Waals surface area contributed by atoms with Crippen molar-refractivity contribution in [2.75, 3.05) is 5.32 Å². The van der Waals surface area contributed by atoms with Gasteiger partial charge < -0.3 is 15.0 Å². The van der Waals surface area contributed by atoms with Gasteiger partial charge in [-0.25, -0.2) is 19.7 Å². The van der Waals surface area contributed by atoms with Gasteiger partial charge in [0.1, 0.15) is 5.82 Å². The van der Waals surface area contributed by atoms with E-state index in [1.165, 1.54) is 12.1 Å². The summed E-state index contributed by atoms with van der Waals surface area (Å²) in [7, 11) is 0. The summed E-state index contributed by atoms with van der Waals surface area (Å²) in [6.45, 7) is 6.17. The van der Waals surface area contributed by atoms with Crippen molar-refractivity contribution in [1.29, 1.82) is 0 Å². The number of nitrogens with zero attached hydrogens (tertiary/aromatic N) is 4. The molecular weight excluding hydrogens is 341 g/mol. The summed E-state index contributed by atoms with van der Waals surface area (Å²) in [4.78, 5) is 24.1. The number of anilines is 2. The number of aromatic carboxylic acids is 1. The Labute approximate surface area is 173 Å². The molecule has 7 nitrogen and oxygen atoms in total. The standard InChI is InChI=1S/C18H19N5O2.Na.H/c1-11(2)23-12(3)20-10-16(23)15-8-9-19-18(22-15)21-14-6-4-13(5-7-14)17(24)25;;/h4-11H,1-3H3,(H,24,25)(H,19,21,22);;. The van der Waals surface area contributed by atoms with Crippen LogP contribution in [0.1, 0.15) is 36.1 Å². The number of imidazole rings is 1. The Bertz CT molecular complexity index is 906. The van der Waals surface area contributed by atoms with Crippen LogP contribution >= 0.6 is 0 Å². The van der Waals surface area contributed by atoms with E-state index in [4.69, 9.17) is 5.11 Å². The van der Waals surface area contributed by atoms with E-state index < -0.39 is 5.97 Å². The number of carbonyl (C=O) groups is 1. The predicted octanol–water partition coefficient (Wildman–Crippen LogP) is 3.02. The second-order valence-electron chi connectivity index (χ2n) is 5.93. The average Bonchev–Trinajstić information content (AvgIpc) is 2.97. The van der Waals surface area contributed by atoms with Gasteiger partial charge in [0, 0.05) is 17.9 Å². The third kappa shape index (κ3) is 4.30. The Balaban J connectivity index is 0.00000243. The fourth-order valence-corrected chi connectivity index (χ4v) is 2.68. The first-order chi connectivity index (χ1) is 12.0. The van der Waals surface area contributed by atoms with Gasteiger partial charge in [0.25, 0.3) is 0 Å². The van der Waals surface area contributed by atoms with Gasteiger partial charge >= 0.3 is 35.5 Å². The third-order valence-corrected chi connectivity index (χ3v) is 3.80. The van der Waals surface area contributed by atoms with Gasteiger partial charge in [0.2, 0.25) is 5.95 Å². The van der Waals surface area contributed by atoms with Crippen molar-refractivity contribution in [2.24, 2.45) is 0 Å². The molecule has 0 atom stereocenters. The van der Waals surface area contributed by atoms with E-state index in [-0.39, 0.29) is 41.2 Å². The third-order valence-electron chi connectivity index (χ3n) is 3.80. The molecule has 0 radical (unpaired) electrons. The Hall–Kier alpha value is -2.22. The van der Waals surface area contributed by atoms with Gasteiger partial charge in [0.05, 0.1) is 23.1 Å². The molecule has 0 bridgehead atoms. The maximum atomic E-state index is 10.9. The fourth-order valence-electron chi connectivity index (χ4n) is 2.68. The number of hydrogen-bond donors (Lipinski definition) is 2. The molecule has 0 aliphatic rings. The minimum atomic E-state index is -0.956. The van der Waals surface area contributed by atoms with E-state index >= 15 is 0 Å². The normalized spacial score (nSPS) is 10.5. The minimum absolute atomic E-state index is 0. The molecular formula is C18H20N5NaO2. The zero-order valence-electron chi connectivity index (χ0n) is 14.3. The Morgan fingerprint density at radius 1 is 1.15 bits per heavy atom. The first-order valence-electron chi connectivity index (χ1n) is 7.93. The summed E-state index contributed by atoms with van der Waals surface area (Å²) >= 11 is 0. The van der Waals surface area contributed by atoms with Crippen LogP contribution in [-0.4, -0.2) is 60.2 Å². The number of aryl methyl sites for hydroxylation is 1. The van der Waals surface area contributed by atoms with E-state index in [9.17, 15) is 4.79 Å². The molecule has 3 rings (SSSR count). The average molecular weight is 361 g/mol. The summed E-state index contributed by atoms with van der Waals surface area (Å²) in [5.41, 5.74) is 2.65. The monoisotopic (exact) mass is 361 g/mol. The molecule has 130 valence electrons. The van der Waals surface area contributed by atoms with E-state index in [0.29, 0.717) is 5.95 Å². The van der Waals surface area contributed by atoms with E-state index in [1.807, 2.05) is 19.2 Å². The first-order valence-corrected chi connectivity index (χ1v) is 7.93. The Morgan fingerprint density at radius 3 is 2.46 bits per heavy atom. The van der Waals surface area contributed by atoms with E-state index in [2.05, 4.69) is 38.7 Å². The second kappa shape index (κ2) is 8.44. The number of hydrogen-bond acceptors (Lipinski definition) is 5. The van der Waals surface area contributed by atoms with Crippen LogP contribution in [0.15, 0.2) is 42.7 Å². The first kappa shape index (κ1) is 20.1. The molecule has 0 saturated carbocycles. The molecule has 0 fully saturated rings. The van der Waals surface area contributed by atoms with Crippen molar-refractivity contribution < 1.29 is 9.90 Å². The van der Waals surface area contributed by atoms with Gasteiger partial charge in [-0.05, 0) is 51.1 Å². The molecule has 2 N–H and O–H groups in total. The number of rotatable bonds is 5. The Morgan fingerprint density at radius 2 is 1.85 bits per heavy atom. The number of aromatic nitrogens is 4. The summed E-state index contributed by atoms with van der Waals surface area (Å²) < 4.78 is 2.12. The number of nitrogens with one attached hydrogen (secondary N) is 1. The van der Waals surface area contributed by atoms with Crippen molar-refractivity contribution in [3.8, 4) is 11.4 Å². The van der Waals surface area contributed by atoms with Gasteiger partial charge in [-0.15, -0.1) is 0 Å². The fraction of sp³-hybridized carbons (Fsp3) is 0.222. The molecule has 2 aromatic heterocycles. The van der Waals surface area contributed by atoms with Crippen molar-refractivity contribution in [3.05, 3.63) is 54.1 Å². The molecule has 26 heavy (non-hydrogen) atoms. The van der Waals surface area contributed by atoms with Gasteiger partial charge in [-0.1, -0.05) is 0 Å². The van der Waals surface area contributed by atoms with Gasteiger partial charge in [-0.2, -0.15) is 0 Å². The topological polar surface area (TPSA) is 92.9 Å². The Kier molecular flexibility index (Phi) is 6.52. The summed E-state index contributed by atoms with van der Waals surface area (Å²) in [6, 6.07) is 8.54. The van der Waals surface area contributed by atoms with Crippen LogP contribution < -0.4 is 5.32 Å². The maximum absolute atomic E-state index is 10.9. The van der Waals surface area contributed by atoms with Crippen LogP contribution in [0, 0.1) is 6.92 Å². The number of carboxylic acids is 1. The second-order valence-corrected chi connectivity index (χ2v) is 5.93. The SMILES string of the molecule is Cc1ncc(-c2ccnc(Nc3ccc(C(=O)O)cc3)n2)n1C(C)C.[NaH]. The molecule has 1 aromatic carbocycles. The van der Waals surface area contributed by atoms with Crippen molar-refractivity contribution in [3.63, 3.8) is 0 Å². The van der Waals surface area contributed by atoms with Crippen LogP contribution in [0.4, 0.5) is 11.6 Å². The molecule has 0 aliphatic heterocycles. The zero-order valence-corrected chi connectivity index (χ0v) is 14.3. The molecule has 3 aromatic rings. The van der Waals surface area contributed by atoms with Crippen LogP contribution in [0.25, 0.3) is 11.4 Å². The van der Waals surface area contributed by atoms with E-state index in [1.54, 1.807) is 18.3 Å². The molecule has 0 spiro atoms. The van der Waals surface area contributed by atoms with Crippen LogP contribution in [0.2, 0.25) is 0 Å². The van der Waals surface area contributed by atoms with Gasteiger partial charge in [-0.3, -0.25) is 0 Å². The molecule has 0 unspecified atom stereocenters. The van der Waals surface area contributed by atoms with Crippen LogP contribution in [0.5, 0.6) is 0 Å². The van der Waals surface area contributed by atoms with Crippen molar-refractivity contribution >= 4 is 47.2 Å². The van der Waals surface area contributed by atoms with Crippen LogP contribution in [0.3, 0.4) is 0 Å². The van der Waals surface area contributed by atoms with Crippen molar-refractivity contribution in [2.45, 2.75) is 26.8 Å². The number of benzene rings is 1. The molecule has 2 heterocycles. The molecule has 0 amide bonds. The molecule has 8 heteroatoms. The zero-order chi connectivity index (χ0) is 18.0. The quantitative estimate of drug-likeness (QED) is 0.679. The summed E-state index contributed by atoms with van der Waals surface area (Å²) in [5.74, 6) is 0.416. The molecule has 0 saturated heterocycles. The molecule has 0 aliphatic carbocycles. The summed E-state index contributed by atoms with van der Waals surface area (Å²) in [5, 5.41) is 12.0. The number of carboxylic acid groups (broad SMARTS) is 1. The van der Waals surface area contributed by atoms with Gasteiger partial charge in [0.15, 0.2) is 0 Å².